The standard InChI is InChI=1S/C42H41FN10O6/c43-33-22-50(15-14-42(33,58)53-38-35(37(44)45-23-46-38)36(48-53)25-6-9-29(10-7-25)59-28-4-2-1-3-5-28)27-20-49(21-27)17-24-18-51(19-24)26-8-11-30-31(16-26)41(57)52(40(30)56)32-12-13-34(54)47-39(32)55/h1-11,16,23-24,27,32-33,58H,12-15,17-22H2,(H2,44,45,46)(H,47,54,55)/t32?,33-,42+/m1/s1. The van der Waals surface area contributed by atoms with Crippen molar-refractivity contribution in [3.05, 3.63) is 90.3 Å². The molecule has 59 heavy (non-hydrogen) atoms. The number of nitrogens with one attached hydrogen (secondary N) is 1. The maximum absolute atomic E-state index is 16.3. The lowest BCUT2D eigenvalue weighted by Gasteiger charge is -2.52. The smallest absolute Gasteiger partial charge is 0.262 e. The van der Waals surface area contributed by atoms with E-state index in [2.05, 4.69) is 30.0 Å². The summed E-state index contributed by atoms with van der Waals surface area (Å²) >= 11 is 0. The van der Waals surface area contributed by atoms with E-state index in [1.165, 1.54) is 11.0 Å². The number of carbonyl (C=O) groups excluding carboxylic acids is 4. The molecule has 4 N–H and O–H groups in total. The van der Waals surface area contributed by atoms with Crippen molar-refractivity contribution in [1.82, 2.24) is 39.8 Å². The Morgan fingerprint density at radius 2 is 1.64 bits per heavy atom. The number of nitrogens with zero attached hydrogens (tertiary/aromatic N) is 8. The van der Waals surface area contributed by atoms with Crippen LogP contribution in [0.2, 0.25) is 0 Å². The zero-order chi connectivity index (χ0) is 40.6. The van der Waals surface area contributed by atoms with E-state index in [4.69, 9.17) is 15.6 Å². The molecule has 7 heterocycles. The van der Waals surface area contributed by atoms with Gasteiger partial charge in [-0.2, -0.15) is 5.10 Å². The number of fused-ring (bicyclic) bond motifs is 2. The number of aliphatic hydroxyl groups is 1. The van der Waals surface area contributed by atoms with Crippen molar-refractivity contribution in [2.45, 2.75) is 43.2 Å². The number of nitrogen functional groups attached to an aromatic ring is 1. The van der Waals surface area contributed by atoms with Crippen molar-refractivity contribution in [3.8, 4) is 22.8 Å². The molecule has 4 amide bonds. The molecule has 1 unspecified atom stereocenters. The molecule has 2 aromatic heterocycles. The lowest BCUT2D eigenvalue weighted by Crippen LogP contribution is -2.66. The van der Waals surface area contributed by atoms with Crippen LogP contribution in [0.1, 0.15) is 40.0 Å². The van der Waals surface area contributed by atoms with Gasteiger partial charge in [-0.25, -0.2) is 19.0 Å². The molecule has 0 spiro atoms. The molecular weight excluding hydrogens is 760 g/mol. The number of amides is 4. The fourth-order valence-electron chi connectivity index (χ4n) is 9.07. The lowest BCUT2D eigenvalue weighted by molar-refractivity contribution is -0.160. The predicted molar refractivity (Wildman–Crippen MR) is 212 cm³/mol. The number of hydrogen-bond donors (Lipinski definition) is 3. The van der Waals surface area contributed by atoms with Gasteiger partial charge in [0.2, 0.25) is 11.8 Å². The molecule has 5 aliphatic heterocycles. The van der Waals surface area contributed by atoms with Crippen LogP contribution in [-0.2, 0) is 15.3 Å². The maximum atomic E-state index is 16.3. The van der Waals surface area contributed by atoms with Gasteiger partial charge < -0.3 is 20.5 Å². The van der Waals surface area contributed by atoms with Gasteiger partial charge in [-0.05, 0) is 61.0 Å². The maximum Gasteiger partial charge on any atom is 0.262 e. The average Bonchev–Trinajstić information content (AvgIpc) is 3.71. The minimum absolute atomic E-state index is 0.0372. The minimum Gasteiger partial charge on any atom is -0.457 e. The zero-order valence-electron chi connectivity index (χ0n) is 31.9. The van der Waals surface area contributed by atoms with Gasteiger partial charge in [0.05, 0.1) is 16.5 Å². The van der Waals surface area contributed by atoms with E-state index in [9.17, 15) is 24.3 Å². The summed E-state index contributed by atoms with van der Waals surface area (Å²) in [5.41, 5.74) is 7.14. The van der Waals surface area contributed by atoms with Crippen molar-refractivity contribution in [3.63, 3.8) is 0 Å². The van der Waals surface area contributed by atoms with Crippen LogP contribution in [0.25, 0.3) is 22.3 Å². The summed E-state index contributed by atoms with van der Waals surface area (Å²) in [5.74, 6) is -0.177. The Morgan fingerprint density at radius 3 is 2.39 bits per heavy atom. The Hall–Kier alpha value is -6.30. The molecule has 10 rings (SSSR count). The molecule has 4 saturated heterocycles. The van der Waals surface area contributed by atoms with Crippen LogP contribution >= 0.6 is 0 Å². The molecule has 3 atom stereocenters. The SMILES string of the molecule is Nc1ncnc2c1c(-c1ccc(Oc3ccccc3)cc1)nn2[C@]1(O)CCN(C2CN(CC3CN(c4ccc5c(c4)C(=O)N(C4CCC(=O)NC4=O)C5=O)C3)C2)C[C@H]1F. The summed E-state index contributed by atoms with van der Waals surface area (Å²) in [6, 6.07) is 21.0. The largest absolute Gasteiger partial charge is 0.457 e. The molecule has 4 fully saturated rings. The number of anilines is 2. The summed E-state index contributed by atoms with van der Waals surface area (Å²) in [6.45, 7) is 4.51. The molecular formula is C42H41FN10O6. The number of rotatable bonds is 9. The summed E-state index contributed by atoms with van der Waals surface area (Å²) < 4.78 is 23.5. The molecule has 0 saturated carbocycles. The number of imide groups is 2. The van der Waals surface area contributed by atoms with Crippen molar-refractivity contribution >= 4 is 46.2 Å². The number of ether oxygens (including phenoxy) is 1. The van der Waals surface area contributed by atoms with Crippen LogP contribution in [0, 0.1) is 5.92 Å². The van der Waals surface area contributed by atoms with Crippen molar-refractivity contribution in [1.29, 1.82) is 0 Å². The second-order valence-corrected chi connectivity index (χ2v) is 16.1. The van der Waals surface area contributed by atoms with E-state index >= 15 is 4.39 Å². The monoisotopic (exact) mass is 800 g/mol. The quantitative estimate of drug-likeness (QED) is 0.185. The molecule has 0 bridgehead atoms. The fourth-order valence-corrected chi connectivity index (χ4v) is 9.07. The Balaban J connectivity index is 0.744. The topological polar surface area (TPSA) is 192 Å². The number of alkyl halides is 1. The van der Waals surface area contributed by atoms with Gasteiger partial charge in [0.15, 0.2) is 17.5 Å². The zero-order valence-corrected chi connectivity index (χ0v) is 31.9. The Labute approximate surface area is 337 Å². The van der Waals surface area contributed by atoms with Crippen molar-refractivity contribution in [2.75, 3.05) is 56.4 Å². The first-order valence-corrected chi connectivity index (χ1v) is 19.8. The normalized spacial score (nSPS) is 24.3. The van der Waals surface area contributed by atoms with E-state index in [-0.39, 0.29) is 54.4 Å². The lowest BCUT2D eigenvalue weighted by atomic mass is 9.93. The van der Waals surface area contributed by atoms with E-state index in [0.717, 1.165) is 43.3 Å². The number of halogens is 1. The second-order valence-electron chi connectivity index (χ2n) is 16.1. The third-order valence-corrected chi connectivity index (χ3v) is 12.3. The van der Waals surface area contributed by atoms with Gasteiger partial charge >= 0.3 is 0 Å². The Kier molecular flexibility index (Phi) is 8.91. The van der Waals surface area contributed by atoms with E-state index in [1.54, 1.807) is 12.1 Å². The van der Waals surface area contributed by atoms with Crippen LogP contribution in [0.4, 0.5) is 15.9 Å². The van der Waals surface area contributed by atoms with Crippen molar-refractivity contribution < 1.29 is 33.4 Å². The second kappa shape index (κ2) is 14.2. The predicted octanol–water partition coefficient (Wildman–Crippen LogP) is 2.78. The Morgan fingerprint density at radius 1 is 0.898 bits per heavy atom. The number of carbonyl (C=O) groups is 4. The number of para-hydroxylation sites is 1. The molecule has 5 aliphatic rings. The van der Waals surface area contributed by atoms with Crippen LogP contribution in [0.15, 0.2) is 79.1 Å². The summed E-state index contributed by atoms with van der Waals surface area (Å²) in [7, 11) is 0. The van der Waals surface area contributed by atoms with Gasteiger partial charge in [-0.15, -0.1) is 0 Å². The van der Waals surface area contributed by atoms with Gasteiger partial charge in [-0.1, -0.05) is 18.2 Å². The molecule has 0 aliphatic carbocycles. The number of hydrogen-bond acceptors (Lipinski definition) is 13. The fraction of sp³-hybridized carbons (Fsp3) is 0.357. The summed E-state index contributed by atoms with van der Waals surface area (Å²) in [4.78, 5) is 66.6. The average molecular weight is 801 g/mol. The van der Waals surface area contributed by atoms with Crippen LogP contribution in [0.3, 0.4) is 0 Å². The first-order valence-electron chi connectivity index (χ1n) is 19.8. The first-order chi connectivity index (χ1) is 28.5. The van der Waals surface area contributed by atoms with Crippen molar-refractivity contribution in [2.24, 2.45) is 5.92 Å². The molecule has 302 valence electrons. The van der Waals surface area contributed by atoms with Crippen LogP contribution in [-0.4, -0.2) is 127 Å². The third-order valence-electron chi connectivity index (χ3n) is 12.3. The van der Waals surface area contributed by atoms with Gasteiger partial charge in [0.1, 0.15) is 35.4 Å². The highest BCUT2D eigenvalue weighted by atomic mass is 19.1. The van der Waals surface area contributed by atoms with Gasteiger partial charge in [-0.3, -0.25) is 39.2 Å². The molecule has 5 aromatic rings. The van der Waals surface area contributed by atoms with E-state index in [1.807, 2.05) is 60.7 Å². The van der Waals surface area contributed by atoms with Crippen LogP contribution in [0.5, 0.6) is 11.5 Å². The number of benzene rings is 3. The number of aromatic nitrogens is 4. The third kappa shape index (κ3) is 6.36. The molecule has 3 aromatic carbocycles. The molecule has 0 radical (unpaired) electrons. The van der Waals surface area contributed by atoms with E-state index < -0.39 is 41.6 Å². The number of piperidine rings is 2. The minimum atomic E-state index is -1.94. The van der Waals surface area contributed by atoms with E-state index in [0.29, 0.717) is 40.6 Å². The highest BCUT2D eigenvalue weighted by Crippen LogP contribution is 2.39. The number of nitrogens with two attached hydrogens (primary N) is 1. The first kappa shape index (κ1) is 37.0. The van der Waals surface area contributed by atoms with Crippen LogP contribution < -0.4 is 20.7 Å². The highest BCUT2D eigenvalue weighted by molar-refractivity contribution is 6.23. The summed E-state index contributed by atoms with van der Waals surface area (Å²) in [5, 5.41) is 19.4. The molecule has 17 heteroatoms. The van der Waals surface area contributed by atoms with Gasteiger partial charge in [0.25, 0.3) is 11.8 Å². The highest BCUT2D eigenvalue weighted by Gasteiger charge is 2.49. The number of likely N-dealkylation sites (tertiary alicyclic amines) is 2. The Bertz CT molecular complexity index is 2510. The molecule has 16 nitrogen and oxygen atoms in total. The summed E-state index contributed by atoms with van der Waals surface area (Å²) in [6.07, 6.45) is -0.0702. The van der Waals surface area contributed by atoms with Gasteiger partial charge in [0, 0.05) is 81.9 Å².